The molecule has 0 saturated heterocycles. The van der Waals surface area contributed by atoms with Gasteiger partial charge >= 0.3 is 0 Å². The molecule has 2 aromatic rings. The summed E-state index contributed by atoms with van der Waals surface area (Å²) in [5.41, 5.74) is 2.44. The Morgan fingerprint density at radius 3 is 3.00 bits per heavy atom. The van der Waals surface area contributed by atoms with Crippen LogP contribution in [0.2, 0.25) is 0 Å². The van der Waals surface area contributed by atoms with Gasteiger partial charge in [-0.25, -0.2) is 0 Å². The molecule has 1 heterocycles. The second-order valence-electron chi connectivity index (χ2n) is 3.33. The minimum Gasteiger partial charge on any atom is -0.299 e. The molecule has 76 valence electrons. The van der Waals surface area contributed by atoms with Gasteiger partial charge in [0, 0.05) is 17.1 Å². The van der Waals surface area contributed by atoms with Crippen molar-refractivity contribution in [2.24, 2.45) is 0 Å². The number of benzene rings is 1. The lowest BCUT2D eigenvalue weighted by Gasteiger charge is -2.04. The summed E-state index contributed by atoms with van der Waals surface area (Å²) in [6.07, 6.45) is 1.78. The molecule has 1 amide bonds. The van der Waals surface area contributed by atoms with Crippen molar-refractivity contribution < 1.29 is 4.79 Å². The Morgan fingerprint density at radius 1 is 1.47 bits per heavy atom. The molecule has 1 aromatic heterocycles. The van der Waals surface area contributed by atoms with Crippen molar-refractivity contribution in [1.29, 1.82) is 0 Å². The number of rotatable bonds is 1. The molecule has 1 aromatic carbocycles. The minimum absolute atomic E-state index is 0.212. The predicted octanol–water partition coefficient (Wildman–Crippen LogP) is 2.12. The maximum absolute atomic E-state index is 11.5. The Hall–Kier alpha value is -1.55. The van der Waals surface area contributed by atoms with E-state index in [9.17, 15) is 4.79 Å². The lowest BCUT2D eigenvalue weighted by atomic mass is 10.1. The maximum Gasteiger partial charge on any atom is 0.261 e. The second kappa shape index (κ2) is 3.90. The number of pyridine rings is 1. The van der Waals surface area contributed by atoms with Crippen LogP contribution in [0.5, 0.6) is 0 Å². The van der Waals surface area contributed by atoms with Gasteiger partial charge in [-0.15, -0.1) is 0 Å². The first-order valence-electron chi connectivity index (χ1n) is 4.52. The number of fused-ring (bicyclic) bond motifs is 1. The van der Waals surface area contributed by atoms with Crippen LogP contribution in [0, 0.1) is 6.92 Å². The Bertz CT molecular complexity index is 525. The van der Waals surface area contributed by atoms with E-state index in [1.165, 1.54) is 0 Å². The van der Waals surface area contributed by atoms with Crippen LogP contribution < -0.4 is 4.72 Å². The Balaban J connectivity index is 2.74. The fourth-order valence-electron chi connectivity index (χ4n) is 1.51. The van der Waals surface area contributed by atoms with Gasteiger partial charge in [0.15, 0.2) is 0 Å². The SMILES string of the molecule is Cc1cnc2cccc(C(=O)NS)c2c1. The molecule has 0 fully saturated rings. The first kappa shape index (κ1) is 9.98. The van der Waals surface area contributed by atoms with Gasteiger partial charge in [-0.2, -0.15) is 0 Å². The first-order valence-corrected chi connectivity index (χ1v) is 4.97. The number of nitrogens with zero attached hydrogens (tertiary/aromatic N) is 1. The summed E-state index contributed by atoms with van der Waals surface area (Å²) in [5, 5.41) is 0.851. The Labute approximate surface area is 93.1 Å². The van der Waals surface area contributed by atoms with Crippen LogP contribution in [0.25, 0.3) is 10.9 Å². The Kier molecular flexibility index (Phi) is 2.60. The standard InChI is InChI=1S/C11H10N2OS/c1-7-5-9-8(11(14)13-15)3-2-4-10(9)12-6-7/h2-6,15H,1H3,(H,13,14). The van der Waals surface area contributed by atoms with E-state index in [1.807, 2.05) is 25.1 Å². The van der Waals surface area contributed by atoms with E-state index in [0.29, 0.717) is 5.56 Å². The fraction of sp³-hybridized carbons (Fsp3) is 0.0909. The predicted molar refractivity (Wildman–Crippen MR) is 62.9 cm³/mol. The van der Waals surface area contributed by atoms with Crippen LogP contribution in [0.3, 0.4) is 0 Å². The highest BCUT2D eigenvalue weighted by atomic mass is 32.1. The quantitative estimate of drug-likeness (QED) is 0.720. The van der Waals surface area contributed by atoms with Crippen molar-refractivity contribution in [1.82, 2.24) is 9.71 Å². The van der Waals surface area contributed by atoms with Crippen molar-refractivity contribution in [3.63, 3.8) is 0 Å². The molecule has 15 heavy (non-hydrogen) atoms. The van der Waals surface area contributed by atoms with Gasteiger partial charge in [0.2, 0.25) is 0 Å². The highest BCUT2D eigenvalue weighted by Gasteiger charge is 2.08. The van der Waals surface area contributed by atoms with Crippen molar-refractivity contribution in [3.05, 3.63) is 41.6 Å². The number of carbonyl (C=O) groups excluding carboxylic acids is 1. The summed E-state index contributed by atoms with van der Waals surface area (Å²) in [5.74, 6) is -0.212. The minimum atomic E-state index is -0.212. The molecule has 0 aliphatic rings. The largest absolute Gasteiger partial charge is 0.299 e. The average Bonchev–Trinajstić information content (AvgIpc) is 2.27. The molecule has 1 N–H and O–H groups in total. The number of aryl methyl sites for hydroxylation is 1. The zero-order valence-electron chi connectivity index (χ0n) is 8.19. The lowest BCUT2D eigenvalue weighted by Crippen LogP contribution is -2.13. The summed E-state index contributed by atoms with van der Waals surface area (Å²) in [6, 6.07) is 7.39. The van der Waals surface area contributed by atoms with E-state index in [1.54, 1.807) is 12.3 Å². The molecule has 0 atom stereocenters. The lowest BCUT2D eigenvalue weighted by molar-refractivity contribution is 0.0986. The third kappa shape index (κ3) is 1.80. The van der Waals surface area contributed by atoms with E-state index in [4.69, 9.17) is 0 Å². The molecule has 2 rings (SSSR count). The maximum atomic E-state index is 11.5. The molecule has 0 aliphatic carbocycles. The third-order valence-electron chi connectivity index (χ3n) is 2.21. The summed E-state index contributed by atoms with van der Waals surface area (Å²) >= 11 is 3.76. The Morgan fingerprint density at radius 2 is 2.27 bits per heavy atom. The van der Waals surface area contributed by atoms with Gasteiger partial charge in [0.1, 0.15) is 0 Å². The van der Waals surface area contributed by atoms with Gasteiger partial charge in [-0.3, -0.25) is 14.5 Å². The zero-order valence-corrected chi connectivity index (χ0v) is 9.08. The van der Waals surface area contributed by atoms with E-state index >= 15 is 0 Å². The second-order valence-corrected chi connectivity index (χ2v) is 3.55. The highest BCUT2D eigenvalue weighted by molar-refractivity contribution is 7.78. The molecule has 0 bridgehead atoms. The monoisotopic (exact) mass is 218 g/mol. The average molecular weight is 218 g/mol. The number of hydrogen-bond donors (Lipinski definition) is 2. The van der Waals surface area contributed by atoms with Crippen molar-refractivity contribution in [2.75, 3.05) is 0 Å². The number of amides is 1. The van der Waals surface area contributed by atoms with Gasteiger partial charge < -0.3 is 0 Å². The molecule has 0 saturated carbocycles. The highest BCUT2D eigenvalue weighted by Crippen LogP contribution is 2.18. The molecule has 0 radical (unpaired) electrons. The molecular weight excluding hydrogens is 208 g/mol. The van der Waals surface area contributed by atoms with Crippen LogP contribution in [0.15, 0.2) is 30.5 Å². The van der Waals surface area contributed by atoms with Crippen molar-refractivity contribution in [3.8, 4) is 0 Å². The molecular formula is C11H10N2OS. The molecule has 3 nitrogen and oxygen atoms in total. The van der Waals surface area contributed by atoms with E-state index in [0.717, 1.165) is 16.5 Å². The van der Waals surface area contributed by atoms with Gasteiger partial charge in [-0.1, -0.05) is 18.9 Å². The number of aromatic nitrogens is 1. The zero-order chi connectivity index (χ0) is 10.8. The van der Waals surface area contributed by atoms with E-state index in [-0.39, 0.29) is 5.91 Å². The summed E-state index contributed by atoms with van der Waals surface area (Å²) in [7, 11) is 0. The summed E-state index contributed by atoms with van der Waals surface area (Å²) < 4.78 is 2.32. The molecule has 0 unspecified atom stereocenters. The van der Waals surface area contributed by atoms with Crippen molar-refractivity contribution >= 4 is 29.6 Å². The molecule has 0 spiro atoms. The van der Waals surface area contributed by atoms with Crippen LogP contribution >= 0.6 is 12.8 Å². The van der Waals surface area contributed by atoms with Crippen LogP contribution in [0.4, 0.5) is 0 Å². The first-order chi connectivity index (χ1) is 7.22. The van der Waals surface area contributed by atoms with Gasteiger partial charge in [-0.05, 0) is 30.7 Å². The smallest absolute Gasteiger partial charge is 0.261 e. The summed E-state index contributed by atoms with van der Waals surface area (Å²) in [6.45, 7) is 1.95. The topological polar surface area (TPSA) is 42.0 Å². The molecule has 0 aliphatic heterocycles. The summed E-state index contributed by atoms with van der Waals surface area (Å²) in [4.78, 5) is 15.8. The van der Waals surface area contributed by atoms with Crippen LogP contribution in [0.1, 0.15) is 15.9 Å². The van der Waals surface area contributed by atoms with E-state index < -0.39 is 0 Å². The van der Waals surface area contributed by atoms with Crippen LogP contribution in [-0.4, -0.2) is 10.9 Å². The van der Waals surface area contributed by atoms with Crippen molar-refractivity contribution in [2.45, 2.75) is 6.92 Å². The third-order valence-corrected chi connectivity index (χ3v) is 2.41. The number of hydrogen-bond acceptors (Lipinski definition) is 3. The molecule has 4 heteroatoms. The fourth-order valence-corrected chi connectivity index (χ4v) is 1.63. The number of thiol groups is 1. The van der Waals surface area contributed by atoms with E-state index in [2.05, 4.69) is 22.5 Å². The van der Waals surface area contributed by atoms with Gasteiger partial charge in [0.05, 0.1) is 5.52 Å². The number of nitrogens with one attached hydrogen (secondary N) is 1. The normalized spacial score (nSPS) is 10.3. The number of carbonyl (C=O) groups is 1. The van der Waals surface area contributed by atoms with Crippen LogP contribution in [-0.2, 0) is 0 Å². The van der Waals surface area contributed by atoms with Gasteiger partial charge in [0.25, 0.3) is 5.91 Å².